The zero-order valence-electron chi connectivity index (χ0n) is 9.79. The van der Waals surface area contributed by atoms with Crippen LogP contribution in [0, 0.1) is 13.8 Å². The molecule has 5 nitrogen and oxygen atoms in total. The van der Waals surface area contributed by atoms with E-state index in [1.54, 1.807) is 12.5 Å². The van der Waals surface area contributed by atoms with Crippen LogP contribution >= 0.6 is 11.6 Å². The van der Waals surface area contributed by atoms with Crippen molar-refractivity contribution in [3.05, 3.63) is 34.8 Å². The van der Waals surface area contributed by atoms with E-state index >= 15 is 0 Å². The molecule has 90 valence electrons. The summed E-state index contributed by atoms with van der Waals surface area (Å²) in [4.78, 5) is 15.6. The Kier molecular flexibility index (Phi) is 3.58. The lowest BCUT2D eigenvalue weighted by Gasteiger charge is -2.08. The van der Waals surface area contributed by atoms with Crippen molar-refractivity contribution in [1.29, 1.82) is 0 Å². The largest absolute Gasteiger partial charge is 0.367 e. The predicted molar refractivity (Wildman–Crippen MR) is 67.3 cm³/mol. The molecule has 0 bridgehead atoms. The quantitative estimate of drug-likeness (QED) is 0.874. The Balaban J connectivity index is 1.97. The number of aryl methyl sites for hydroxylation is 2. The Morgan fingerprint density at radius 2 is 2.06 bits per heavy atom. The van der Waals surface area contributed by atoms with Crippen LogP contribution in [-0.4, -0.2) is 26.5 Å². The number of aromatic nitrogens is 4. The first kappa shape index (κ1) is 11.9. The number of anilines is 1. The highest BCUT2D eigenvalue weighted by Crippen LogP contribution is 2.18. The van der Waals surface area contributed by atoms with Crippen LogP contribution in [-0.2, 0) is 6.42 Å². The van der Waals surface area contributed by atoms with E-state index in [9.17, 15) is 0 Å². The highest BCUT2D eigenvalue weighted by Gasteiger charge is 2.06. The lowest BCUT2D eigenvalue weighted by atomic mass is 10.3. The number of imidazole rings is 1. The fourth-order valence-corrected chi connectivity index (χ4v) is 1.66. The van der Waals surface area contributed by atoms with Gasteiger partial charge in [-0.1, -0.05) is 11.6 Å². The van der Waals surface area contributed by atoms with Crippen molar-refractivity contribution in [2.24, 2.45) is 0 Å². The van der Waals surface area contributed by atoms with Crippen molar-refractivity contribution >= 4 is 17.4 Å². The van der Waals surface area contributed by atoms with Gasteiger partial charge in [0.1, 0.15) is 0 Å². The van der Waals surface area contributed by atoms with Gasteiger partial charge in [0.15, 0.2) is 11.0 Å². The van der Waals surface area contributed by atoms with Gasteiger partial charge < -0.3 is 10.3 Å². The summed E-state index contributed by atoms with van der Waals surface area (Å²) in [6, 6.07) is 0. The lowest BCUT2D eigenvalue weighted by molar-refractivity contribution is 0.952. The normalized spacial score (nSPS) is 10.5. The molecule has 2 heterocycles. The Morgan fingerprint density at radius 1 is 1.29 bits per heavy atom. The van der Waals surface area contributed by atoms with Gasteiger partial charge in [-0.3, -0.25) is 0 Å². The third-order valence-corrected chi connectivity index (χ3v) is 2.77. The van der Waals surface area contributed by atoms with E-state index in [0.29, 0.717) is 11.0 Å². The van der Waals surface area contributed by atoms with Crippen molar-refractivity contribution in [1.82, 2.24) is 19.9 Å². The van der Waals surface area contributed by atoms with Gasteiger partial charge in [0.05, 0.1) is 17.7 Å². The fourth-order valence-electron chi connectivity index (χ4n) is 1.43. The van der Waals surface area contributed by atoms with Gasteiger partial charge in [-0.15, -0.1) is 0 Å². The van der Waals surface area contributed by atoms with E-state index in [2.05, 4.69) is 25.3 Å². The molecule has 0 spiro atoms. The van der Waals surface area contributed by atoms with Gasteiger partial charge in [-0.2, -0.15) is 0 Å². The van der Waals surface area contributed by atoms with Crippen molar-refractivity contribution in [2.45, 2.75) is 20.3 Å². The van der Waals surface area contributed by atoms with Gasteiger partial charge in [0, 0.05) is 24.9 Å². The summed E-state index contributed by atoms with van der Waals surface area (Å²) < 4.78 is 0. The van der Waals surface area contributed by atoms with Crippen LogP contribution in [0.2, 0.25) is 5.15 Å². The summed E-state index contributed by atoms with van der Waals surface area (Å²) in [5.74, 6) is 0.634. The van der Waals surface area contributed by atoms with E-state index in [0.717, 1.165) is 30.0 Å². The Morgan fingerprint density at radius 3 is 2.76 bits per heavy atom. The average molecular weight is 252 g/mol. The maximum absolute atomic E-state index is 6.01. The molecule has 0 aromatic carbocycles. The van der Waals surface area contributed by atoms with Gasteiger partial charge in [-0.05, 0) is 13.8 Å². The molecule has 0 atom stereocenters. The van der Waals surface area contributed by atoms with E-state index in [4.69, 9.17) is 11.6 Å². The first-order valence-corrected chi connectivity index (χ1v) is 5.76. The second kappa shape index (κ2) is 5.14. The molecule has 0 radical (unpaired) electrons. The maximum atomic E-state index is 6.01. The molecular formula is C11H14ClN5. The van der Waals surface area contributed by atoms with Crippen LogP contribution in [0.3, 0.4) is 0 Å². The summed E-state index contributed by atoms with van der Waals surface area (Å²) in [6.07, 6.45) is 4.30. The van der Waals surface area contributed by atoms with Gasteiger partial charge in [-0.25, -0.2) is 15.0 Å². The van der Waals surface area contributed by atoms with Crippen LogP contribution in [0.5, 0.6) is 0 Å². The number of nitrogens with zero attached hydrogens (tertiary/aromatic N) is 3. The smallest absolute Gasteiger partial charge is 0.171 e. The van der Waals surface area contributed by atoms with Crippen LogP contribution in [0.4, 0.5) is 5.82 Å². The Bertz CT molecular complexity index is 495. The van der Waals surface area contributed by atoms with Gasteiger partial charge >= 0.3 is 0 Å². The molecule has 2 N–H and O–H groups in total. The number of H-pyrrole nitrogens is 1. The maximum Gasteiger partial charge on any atom is 0.171 e. The summed E-state index contributed by atoms with van der Waals surface area (Å²) in [5, 5.41) is 3.58. The molecule has 2 rings (SSSR count). The molecule has 2 aromatic rings. The minimum atomic E-state index is 0.415. The van der Waals surface area contributed by atoms with Gasteiger partial charge in [0.2, 0.25) is 0 Å². The minimum absolute atomic E-state index is 0.415. The first-order chi connectivity index (χ1) is 8.16. The van der Waals surface area contributed by atoms with Crippen LogP contribution in [0.15, 0.2) is 12.5 Å². The van der Waals surface area contributed by atoms with E-state index in [1.165, 1.54) is 0 Å². The minimum Gasteiger partial charge on any atom is -0.367 e. The zero-order chi connectivity index (χ0) is 12.3. The third-order valence-electron chi connectivity index (χ3n) is 2.51. The molecule has 0 unspecified atom stereocenters. The monoisotopic (exact) mass is 251 g/mol. The standard InChI is InChI=1S/C11H14ClN5/c1-7-8(2)17-11(10(12)16-7)14-4-3-9-5-13-6-15-9/h5-6H,3-4H2,1-2H3,(H,13,15)(H,14,17). The van der Waals surface area contributed by atoms with Crippen molar-refractivity contribution < 1.29 is 0 Å². The van der Waals surface area contributed by atoms with E-state index < -0.39 is 0 Å². The van der Waals surface area contributed by atoms with Crippen LogP contribution in [0.1, 0.15) is 17.1 Å². The molecule has 17 heavy (non-hydrogen) atoms. The number of halogens is 1. The number of aromatic amines is 1. The number of rotatable bonds is 4. The number of hydrogen-bond acceptors (Lipinski definition) is 4. The van der Waals surface area contributed by atoms with Crippen molar-refractivity contribution in [3.8, 4) is 0 Å². The molecule has 0 aliphatic rings. The molecule has 0 amide bonds. The zero-order valence-corrected chi connectivity index (χ0v) is 10.5. The topological polar surface area (TPSA) is 66.5 Å². The van der Waals surface area contributed by atoms with Crippen molar-refractivity contribution in [3.63, 3.8) is 0 Å². The Hall–Kier alpha value is -1.62. The van der Waals surface area contributed by atoms with Gasteiger partial charge in [0.25, 0.3) is 0 Å². The summed E-state index contributed by atoms with van der Waals surface area (Å²) in [6.45, 7) is 4.54. The molecule has 0 fully saturated rings. The molecular weight excluding hydrogens is 238 g/mol. The van der Waals surface area contributed by atoms with Crippen LogP contribution < -0.4 is 5.32 Å². The van der Waals surface area contributed by atoms with E-state index in [1.807, 2.05) is 13.8 Å². The number of hydrogen-bond donors (Lipinski definition) is 2. The van der Waals surface area contributed by atoms with Crippen molar-refractivity contribution in [2.75, 3.05) is 11.9 Å². The summed E-state index contributed by atoms with van der Waals surface area (Å²) >= 11 is 6.01. The fraction of sp³-hybridized carbons (Fsp3) is 0.364. The highest BCUT2D eigenvalue weighted by atomic mass is 35.5. The first-order valence-electron chi connectivity index (χ1n) is 5.38. The average Bonchev–Trinajstić information content (AvgIpc) is 2.78. The van der Waals surface area contributed by atoms with Crippen LogP contribution in [0.25, 0.3) is 0 Å². The predicted octanol–water partition coefficient (Wildman–Crippen LogP) is 2.12. The lowest BCUT2D eigenvalue weighted by Crippen LogP contribution is -2.09. The summed E-state index contributed by atoms with van der Waals surface area (Å²) in [5.41, 5.74) is 2.82. The van der Waals surface area contributed by atoms with E-state index in [-0.39, 0.29) is 0 Å². The molecule has 0 saturated carbocycles. The molecule has 2 aromatic heterocycles. The SMILES string of the molecule is Cc1nc(Cl)c(NCCc2cnc[nH]2)nc1C. The molecule has 0 aliphatic carbocycles. The Labute approximate surface area is 105 Å². The molecule has 0 saturated heterocycles. The molecule has 0 aliphatic heterocycles. The third kappa shape index (κ3) is 2.94. The molecule has 6 heteroatoms. The second-order valence-electron chi connectivity index (χ2n) is 3.79. The second-order valence-corrected chi connectivity index (χ2v) is 4.15. The highest BCUT2D eigenvalue weighted by molar-refractivity contribution is 6.31. The number of nitrogens with one attached hydrogen (secondary N) is 2. The summed E-state index contributed by atoms with van der Waals surface area (Å²) in [7, 11) is 0.